The molecule has 2 aliphatic rings. The van der Waals surface area contributed by atoms with Crippen molar-refractivity contribution >= 4 is 29.3 Å². The van der Waals surface area contributed by atoms with Crippen molar-refractivity contribution in [2.24, 2.45) is 0 Å². The number of benzene rings is 2. The fourth-order valence-corrected chi connectivity index (χ4v) is 3.66. The Hall–Kier alpha value is -3.30. The van der Waals surface area contributed by atoms with Gasteiger partial charge in [-0.15, -0.1) is 0 Å². The van der Waals surface area contributed by atoms with Crippen LogP contribution in [0.4, 0.5) is 0 Å². The monoisotopic (exact) mass is 444 g/mol. The molecular formula is C21H21ClN4O5. The number of carbonyl (C=O) groups is 3. The molecule has 0 aromatic heterocycles. The maximum absolute atomic E-state index is 13.1. The van der Waals surface area contributed by atoms with Crippen molar-refractivity contribution in [3.05, 3.63) is 59.7 Å². The van der Waals surface area contributed by atoms with Crippen molar-refractivity contribution < 1.29 is 23.9 Å². The van der Waals surface area contributed by atoms with E-state index in [0.717, 1.165) is 5.56 Å². The Morgan fingerprint density at radius 3 is 2.71 bits per heavy atom. The van der Waals surface area contributed by atoms with E-state index in [1.54, 1.807) is 53.4 Å². The second-order valence-electron chi connectivity index (χ2n) is 7.18. The lowest BCUT2D eigenvalue weighted by atomic mass is 10.2. The molecule has 2 aromatic carbocycles. The van der Waals surface area contributed by atoms with Crippen molar-refractivity contribution in [3.63, 3.8) is 0 Å². The van der Waals surface area contributed by atoms with Gasteiger partial charge in [-0.3, -0.25) is 24.7 Å². The Bertz CT molecular complexity index is 987. The van der Waals surface area contributed by atoms with Gasteiger partial charge in [0.1, 0.15) is 5.50 Å². The summed E-state index contributed by atoms with van der Waals surface area (Å²) < 4.78 is 10.7. The van der Waals surface area contributed by atoms with Crippen LogP contribution in [0.1, 0.15) is 15.9 Å². The summed E-state index contributed by atoms with van der Waals surface area (Å²) in [5.41, 5.74) is 3.27. The second kappa shape index (κ2) is 9.23. The zero-order valence-electron chi connectivity index (χ0n) is 16.5. The van der Waals surface area contributed by atoms with Crippen LogP contribution in [-0.2, 0) is 16.1 Å². The number of amides is 3. The van der Waals surface area contributed by atoms with Crippen LogP contribution >= 0.6 is 11.6 Å². The van der Waals surface area contributed by atoms with Gasteiger partial charge in [0, 0.05) is 12.1 Å². The summed E-state index contributed by atoms with van der Waals surface area (Å²) in [5, 5.41) is 3.83. The largest absolute Gasteiger partial charge is 0.454 e. The number of alkyl halides is 1. The highest BCUT2D eigenvalue weighted by atomic mass is 35.5. The molecule has 9 nitrogen and oxygen atoms in total. The van der Waals surface area contributed by atoms with Crippen molar-refractivity contribution in [2.45, 2.75) is 12.0 Å². The molecule has 162 valence electrons. The number of hydrogen-bond donors (Lipinski definition) is 2. The van der Waals surface area contributed by atoms with Gasteiger partial charge >= 0.3 is 0 Å². The number of rotatable bonds is 5. The molecule has 2 N–H and O–H groups in total. The molecule has 1 saturated heterocycles. The second-order valence-corrected chi connectivity index (χ2v) is 7.71. The summed E-state index contributed by atoms with van der Waals surface area (Å²) in [6.07, 6.45) is 0. The Morgan fingerprint density at radius 2 is 1.94 bits per heavy atom. The zero-order valence-corrected chi connectivity index (χ0v) is 17.3. The van der Waals surface area contributed by atoms with Gasteiger partial charge < -0.3 is 14.8 Å². The predicted molar refractivity (Wildman–Crippen MR) is 111 cm³/mol. The normalized spacial score (nSPS) is 17.7. The van der Waals surface area contributed by atoms with Gasteiger partial charge in [0.15, 0.2) is 11.5 Å². The van der Waals surface area contributed by atoms with E-state index in [-0.39, 0.29) is 38.2 Å². The van der Waals surface area contributed by atoms with Crippen LogP contribution in [0.25, 0.3) is 0 Å². The molecular weight excluding hydrogens is 424 g/mol. The van der Waals surface area contributed by atoms with Crippen LogP contribution in [0.2, 0.25) is 0 Å². The van der Waals surface area contributed by atoms with Crippen molar-refractivity contribution in [2.75, 3.05) is 26.4 Å². The van der Waals surface area contributed by atoms with E-state index in [1.807, 2.05) is 0 Å². The Labute approximate surface area is 183 Å². The molecule has 1 atom stereocenters. The van der Waals surface area contributed by atoms with E-state index in [9.17, 15) is 14.4 Å². The van der Waals surface area contributed by atoms with Gasteiger partial charge in [-0.1, -0.05) is 35.9 Å². The molecule has 0 spiro atoms. The minimum Gasteiger partial charge on any atom is -0.454 e. The topological polar surface area (TPSA) is 100 Å². The third-order valence-corrected chi connectivity index (χ3v) is 5.06. The molecule has 0 aliphatic carbocycles. The fourth-order valence-electron chi connectivity index (χ4n) is 3.35. The van der Waals surface area contributed by atoms with E-state index < -0.39 is 11.4 Å². The highest BCUT2D eigenvalue weighted by molar-refractivity contribution is 6.21. The highest BCUT2D eigenvalue weighted by Crippen LogP contribution is 2.32. The van der Waals surface area contributed by atoms with E-state index in [4.69, 9.17) is 21.1 Å². The molecule has 4 rings (SSSR count). The average molecular weight is 445 g/mol. The first kappa shape index (κ1) is 21.0. The molecule has 2 heterocycles. The molecule has 3 amide bonds. The molecule has 0 bridgehead atoms. The maximum atomic E-state index is 13.1. The lowest BCUT2D eigenvalue weighted by molar-refractivity contribution is -0.137. The number of nitrogens with one attached hydrogen (secondary N) is 2. The van der Waals surface area contributed by atoms with Gasteiger partial charge in [-0.25, -0.2) is 5.01 Å². The summed E-state index contributed by atoms with van der Waals surface area (Å²) in [7, 11) is 0. The standard InChI is InChI=1S/C21H21ClN4O5/c22-18-10-25(11-19(27)23-18)12-20(28)26(24-21(29)15-4-2-1-3-5-15)9-14-6-7-16-17(8-14)31-13-30-16/h1-8,18H,9-13H2,(H,23,27)(H,24,29). The molecule has 2 aliphatic heterocycles. The lowest BCUT2D eigenvalue weighted by Crippen LogP contribution is -2.56. The molecule has 0 radical (unpaired) electrons. The van der Waals surface area contributed by atoms with Gasteiger partial charge in [-0.05, 0) is 29.8 Å². The van der Waals surface area contributed by atoms with Crippen LogP contribution in [-0.4, -0.2) is 59.6 Å². The predicted octanol–water partition coefficient (Wildman–Crippen LogP) is 1.09. The first-order valence-corrected chi connectivity index (χ1v) is 10.1. The number of fused-ring (bicyclic) bond motifs is 1. The summed E-state index contributed by atoms with van der Waals surface area (Å²) in [4.78, 5) is 39.1. The van der Waals surface area contributed by atoms with E-state index in [2.05, 4.69) is 10.7 Å². The van der Waals surface area contributed by atoms with Crippen molar-refractivity contribution in [3.8, 4) is 11.5 Å². The minimum absolute atomic E-state index is 0.0550. The first-order valence-electron chi connectivity index (χ1n) is 9.68. The van der Waals surface area contributed by atoms with Gasteiger partial charge in [-0.2, -0.15) is 0 Å². The molecule has 31 heavy (non-hydrogen) atoms. The third-order valence-electron chi connectivity index (χ3n) is 4.81. The number of halogens is 1. The average Bonchev–Trinajstić information content (AvgIpc) is 3.21. The van der Waals surface area contributed by atoms with Gasteiger partial charge in [0.05, 0.1) is 19.6 Å². The highest BCUT2D eigenvalue weighted by Gasteiger charge is 2.27. The SMILES string of the molecule is O=C1CN(CC(=O)N(Cc2ccc3c(c2)OCO3)NC(=O)c2ccccc2)CC(Cl)N1. The van der Waals surface area contributed by atoms with Gasteiger partial charge in [0.2, 0.25) is 12.7 Å². The summed E-state index contributed by atoms with van der Waals surface area (Å²) in [6, 6.07) is 13.9. The minimum atomic E-state index is -0.574. The molecule has 1 fully saturated rings. The van der Waals surface area contributed by atoms with Crippen LogP contribution in [0.15, 0.2) is 48.5 Å². The van der Waals surface area contributed by atoms with Crippen LogP contribution < -0.4 is 20.2 Å². The fraction of sp³-hybridized carbons (Fsp3) is 0.286. The quantitative estimate of drug-likeness (QED) is 0.407. The Kier molecular flexibility index (Phi) is 6.24. The number of hydrogen-bond acceptors (Lipinski definition) is 6. The van der Waals surface area contributed by atoms with Crippen LogP contribution in [0.3, 0.4) is 0 Å². The van der Waals surface area contributed by atoms with Crippen molar-refractivity contribution in [1.82, 2.24) is 20.7 Å². The summed E-state index contributed by atoms with van der Waals surface area (Å²) >= 11 is 6.02. The van der Waals surface area contributed by atoms with Crippen LogP contribution in [0.5, 0.6) is 11.5 Å². The Morgan fingerprint density at radius 1 is 1.16 bits per heavy atom. The van der Waals surface area contributed by atoms with Crippen molar-refractivity contribution in [1.29, 1.82) is 0 Å². The molecule has 1 unspecified atom stereocenters. The van der Waals surface area contributed by atoms with Gasteiger partial charge in [0.25, 0.3) is 11.8 Å². The molecule has 10 heteroatoms. The van der Waals surface area contributed by atoms with Crippen LogP contribution in [0, 0.1) is 0 Å². The first-order chi connectivity index (χ1) is 15.0. The third kappa shape index (κ3) is 5.25. The Balaban J connectivity index is 1.50. The number of carbonyl (C=O) groups excluding carboxylic acids is 3. The number of hydrazine groups is 1. The zero-order chi connectivity index (χ0) is 21.8. The lowest BCUT2D eigenvalue weighted by Gasteiger charge is -2.31. The maximum Gasteiger partial charge on any atom is 0.269 e. The van der Waals surface area contributed by atoms with E-state index >= 15 is 0 Å². The smallest absolute Gasteiger partial charge is 0.269 e. The summed E-state index contributed by atoms with van der Waals surface area (Å²) in [6.45, 7) is 0.556. The van der Waals surface area contributed by atoms with E-state index in [0.29, 0.717) is 23.6 Å². The number of ether oxygens (including phenoxy) is 2. The number of piperazine rings is 1. The molecule has 2 aromatic rings. The van der Waals surface area contributed by atoms with E-state index in [1.165, 1.54) is 5.01 Å². The molecule has 0 saturated carbocycles. The number of nitrogens with zero attached hydrogens (tertiary/aromatic N) is 2. The summed E-state index contributed by atoms with van der Waals surface area (Å²) in [5.74, 6) is 0.163.